The summed E-state index contributed by atoms with van der Waals surface area (Å²) in [6, 6.07) is 11.0. The van der Waals surface area contributed by atoms with Crippen molar-refractivity contribution in [3.8, 4) is 0 Å². The highest BCUT2D eigenvalue weighted by Crippen LogP contribution is 2.13. The van der Waals surface area contributed by atoms with E-state index >= 15 is 0 Å². The zero-order valence-corrected chi connectivity index (χ0v) is 17.0. The summed E-state index contributed by atoms with van der Waals surface area (Å²) in [6.45, 7) is 3.67. The first kappa shape index (κ1) is 22.5. The van der Waals surface area contributed by atoms with Crippen LogP contribution in [0.4, 0.5) is 4.39 Å². The summed E-state index contributed by atoms with van der Waals surface area (Å²) in [5.74, 6) is -1.73. The van der Waals surface area contributed by atoms with E-state index in [0.29, 0.717) is 12.0 Å². The van der Waals surface area contributed by atoms with Gasteiger partial charge in [-0.05, 0) is 49.2 Å². The van der Waals surface area contributed by atoms with Crippen molar-refractivity contribution in [1.29, 1.82) is 0 Å². The van der Waals surface area contributed by atoms with Crippen molar-refractivity contribution in [3.63, 3.8) is 0 Å². The Morgan fingerprint density at radius 2 is 1.83 bits per heavy atom. The molecule has 29 heavy (non-hydrogen) atoms. The van der Waals surface area contributed by atoms with E-state index in [2.05, 4.69) is 10.0 Å². The van der Waals surface area contributed by atoms with Crippen molar-refractivity contribution in [2.24, 2.45) is 0 Å². The van der Waals surface area contributed by atoms with E-state index in [1.54, 1.807) is 0 Å². The summed E-state index contributed by atoms with van der Waals surface area (Å²) in [5.41, 5.74) is 0.707. The van der Waals surface area contributed by atoms with Gasteiger partial charge in [0, 0.05) is 13.1 Å². The maximum Gasteiger partial charge on any atom is 0.338 e. The summed E-state index contributed by atoms with van der Waals surface area (Å²) < 4.78 is 44.8. The molecule has 0 aliphatic heterocycles. The van der Waals surface area contributed by atoms with Crippen molar-refractivity contribution in [1.82, 2.24) is 10.0 Å². The van der Waals surface area contributed by atoms with Crippen LogP contribution in [-0.4, -0.2) is 32.9 Å². The number of benzene rings is 2. The van der Waals surface area contributed by atoms with Gasteiger partial charge in [-0.15, -0.1) is 0 Å². The molecule has 0 saturated carbocycles. The van der Waals surface area contributed by atoms with E-state index in [0.717, 1.165) is 0 Å². The smallest absolute Gasteiger partial charge is 0.338 e. The van der Waals surface area contributed by atoms with Crippen molar-refractivity contribution in [2.75, 3.05) is 6.54 Å². The van der Waals surface area contributed by atoms with E-state index < -0.39 is 28.0 Å². The number of halogens is 1. The van der Waals surface area contributed by atoms with Gasteiger partial charge in [-0.1, -0.05) is 25.1 Å². The van der Waals surface area contributed by atoms with E-state index in [9.17, 15) is 22.4 Å². The van der Waals surface area contributed by atoms with E-state index in [4.69, 9.17) is 4.74 Å². The quantitative estimate of drug-likeness (QED) is 0.604. The Kier molecular flexibility index (Phi) is 7.86. The number of carbonyl (C=O) groups is 2. The summed E-state index contributed by atoms with van der Waals surface area (Å²) in [6.07, 6.45) is -0.465. The highest BCUT2D eigenvalue weighted by Gasteiger charge is 2.21. The molecule has 2 rings (SSSR count). The fourth-order valence-corrected chi connectivity index (χ4v) is 3.51. The molecule has 0 fully saturated rings. The van der Waals surface area contributed by atoms with Crippen LogP contribution in [0.1, 0.15) is 36.2 Å². The number of ether oxygens (including phenoxy) is 1. The lowest BCUT2D eigenvalue weighted by molar-refractivity contribution is -0.129. The molecule has 0 bridgehead atoms. The maximum atomic E-state index is 12.9. The average molecular weight is 422 g/mol. The minimum Gasteiger partial charge on any atom is -0.449 e. The third-order valence-corrected chi connectivity index (χ3v) is 5.41. The van der Waals surface area contributed by atoms with Crippen LogP contribution in [0.25, 0.3) is 0 Å². The number of sulfonamides is 1. The molecule has 0 unspecified atom stereocenters. The molecule has 0 aliphatic rings. The zero-order chi connectivity index (χ0) is 21.4. The molecule has 1 atom stereocenters. The van der Waals surface area contributed by atoms with Gasteiger partial charge in [-0.2, -0.15) is 0 Å². The van der Waals surface area contributed by atoms with Gasteiger partial charge < -0.3 is 10.1 Å². The normalized spacial score (nSPS) is 12.2. The molecule has 2 N–H and O–H groups in total. The SMILES string of the molecule is CCCNS(=O)(=O)c1cccc(C(=O)O[C@@H](C)C(=O)NCc2ccc(F)cc2)c1. The predicted octanol–water partition coefficient (Wildman–Crippen LogP) is 2.38. The molecule has 0 radical (unpaired) electrons. The molecule has 156 valence electrons. The molecule has 1 amide bonds. The standard InChI is InChI=1S/C20H23FN2O5S/c1-3-11-23-29(26,27)18-6-4-5-16(12-18)20(25)28-14(2)19(24)22-13-15-7-9-17(21)10-8-15/h4-10,12,14,23H,3,11,13H2,1-2H3,(H,22,24)/t14-/m0/s1. The number of carbonyl (C=O) groups excluding carboxylic acids is 2. The van der Waals surface area contributed by atoms with Crippen LogP contribution in [0.15, 0.2) is 53.4 Å². The van der Waals surface area contributed by atoms with Crippen LogP contribution in [0, 0.1) is 5.82 Å². The maximum absolute atomic E-state index is 12.9. The number of esters is 1. The zero-order valence-electron chi connectivity index (χ0n) is 16.1. The van der Waals surface area contributed by atoms with Crippen molar-refractivity contribution >= 4 is 21.9 Å². The van der Waals surface area contributed by atoms with E-state index in [1.807, 2.05) is 6.92 Å². The van der Waals surface area contributed by atoms with Crippen LogP contribution in [-0.2, 0) is 26.1 Å². The molecule has 0 aliphatic carbocycles. The number of amides is 1. The lowest BCUT2D eigenvalue weighted by atomic mass is 10.2. The lowest BCUT2D eigenvalue weighted by Gasteiger charge is -2.14. The fourth-order valence-electron chi connectivity index (χ4n) is 2.33. The van der Waals surface area contributed by atoms with Gasteiger partial charge >= 0.3 is 5.97 Å². The first-order valence-electron chi connectivity index (χ1n) is 9.06. The van der Waals surface area contributed by atoms with E-state index in [-0.39, 0.29) is 29.4 Å². The topological polar surface area (TPSA) is 102 Å². The van der Waals surface area contributed by atoms with Gasteiger partial charge in [-0.25, -0.2) is 22.3 Å². The number of nitrogens with one attached hydrogen (secondary N) is 2. The molecule has 2 aromatic rings. The second kappa shape index (κ2) is 10.1. The largest absolute Gasteiger partial charge is 0.449 e. The van der Waals surface area contributed by atoms with Gasteiger partial charge in [-0.3, -0.25) is 4.79 Å². The van der Waals surface area contributed by atoms with Gasteiger partial charge in [0.2, 0.25) is 10.0 Å². The number of hydrogen-bond donors (Lipinski definition) is 2. The molecule has 0 saturated heterocycles. The first-order valence-corrected chi connectivity index (χ1v) is 10.5. The Balaban J connectivity index is 1.97. The summed E-state index contributed by atoms with van der Waals surface area (Å²) in [5, 5.41) is 2.59. The number of rotatable bonds is 9. The Bertz CT molecular complexity index is 961. The van der Waals surface area contributed by atoms with Gasteiger partial charge in [0.1, 0.15) is 5.82 Å². The second-order valence-electron chi connectivity index (χ2n) is 6.32. The van der Waals surface area contributed by atoms with Crippen LogP contribution >= 0.6 is 0 Å². The third kappa shape index (κ3) is 6.65. The van der Waals surface area contributed by atoms with Gasteiger partial charge in [0.25, 0.3) is 5.91 Å². The molecule has 0 spiro atoms. The van der Waals surface area contributed by atoms with Crippen molar-refractivity contribution in [2.45, 2.75) is 37.8 Å². The minimum absolute atomic E-state index is 0.0163. The number of hydrogen-bond acceptors (Lipinski definition) is 5. The molecule has 0 aromatic heterocycles. The molecular weight excluding hydrogens is 399 g/mol. The summed E-state index contributed by atoms with van der Waals surface area (Å²) in [4.78, 5) is 24.4. The van der Waals surface area contributed by atoms with Crippen LogP contribution < -0.4 is 10.0 Å². The Labute approximate surface area is 169 Å². The van der Waals surface area contributed by atoms with Crippen molar-refractivity contribution in [3.05, 3.63) is 65.5 Å². The monoisotopic (exact) mass is 422 g/mol. The Morgan fingerprint density at radius 3 is 2.48 bits per heavy atom. The molecule has 7 nitrogen and oxygen atoms in total. The van der Waals surface area contributed by atoms with Crippen LogP contribution in [0.3, 0.4) is 0 Å². The van der Waals surface area contributed by atoms with Crippen LogP contribution in [0.2, 0.25) is 0 Å². The third-order valence-electron chi connectivity index (χ3n) is 3.96. The molecule has 2 aromatic carbocycles. The molecule has 0 heterocycles. The lowest BCUT2D eigenvalue weighted by Crippen LogP contribution is -2.35. The minimum atomic E-state index is -3.73. The second-order valence-corrected chi connectivity index (χ2v) is 8.08. The van der Waals surface area contributed by atoms with Crippen LogP contribution in [0.5, 0.6) is 0 Å². The fraction of sp³-hybridized carbons (Fsp3) is 0.300. The summed E-state index contributed by atoms with van der Waals surface area (Å²) >= 11 is 0. The molecule has 9 heteroatoms. The van der Waals surface area contributed by atoms with Gasteiger partial charge in [0.15, 0.2) is 6.10 Å². The van der Waals surface area contributed by atoms with Gasteiger partial charge in [0.05, 0.1) is 10.5 Å². The Hall–Kier alpha value is -2.78. The van der Waals surface area contributed by atoms with E-state index in [1.165, 1.54) is 55.5 Å². The first-order chi connectivity index (χ1) is 13.7. The van der Waals surface area contributed by atoms with Crippen molar-refractivity contribution < 1.29 is 27.1 Å². The highest BCUT2D eigenvalue weighted by atomic mass is 32.2. The highest BCUT2D eigenvalue weighted by molar-refractivity contribution is 7.89. The predicted molar refractivity (Wildman–Crippen MR) is 105 cm³/mol. The Morgan fingerprint density at radius 1 is 1.14 bits per heavy atom. The summed E-state index contributed by atoms with van der Waals surface area (Å²) in [7, 11) is -3.73. The average Bonchev–Trinajstić information content (AvgIpc) is 2.71. The molecular formula is C20H23FN2O5S.